The van der Waals surface area contributed by atoms with Crippen LogP contribution in [0.1, 0.15) is 25.5 Å². The fourth-order valence-electron chi connectivity index (χ4n) is 1.25. The first kappa shape index (κ1) is 12.1. The van der Waals surface area contributed by atoms with Gasteiger partial charge >= 0.3 is 0 Å². The van der Waals surface area contributed by atoms with Crippen molar-refractivity contribution in [1.29, 1.82) is 0 Å². The lowest BCUT2D eigenvalue weighted by Crippen LogP contribution is -2.41. The predicted octanol–water partition coefficient (Wildman–Crippen LogP) is 0.929. The Morgan fingerprint density at radius 1 is 1.73 bits per heavy atom. The summed E-state index contributed by atoms with van der Waals surface area (Å²) in [5, 5.41) is 4.79. The number of nitrogens with one attached hydrogen (secondary N) is 1. The van der Waals surface area contributed by atoms with E-state index in [2.05, 4.69) is 10.3 Å². The van der Waals surface area contributed by atoms with Gasteiger partial charge in [0.05, 0.1) is 17.2 Å². The Balaban J connectivity index is 2.17. The van der Waals surface area contributed by atoms with Crippen LogP contribution in [0.15, 0.2) is 10.9 Å². The van der Waals surface area contributed by atoms with Gasteiger partial charge < -0.3 is 11.1 Å². The molecule has 0 spiro atoms. The topological polar surface area (TPSA) is 68.0 Å². The first-order chi connectivity index (χ1) is 7.24. The molecule has 1 heterocycles. The van der Waals surface area contributed by atoms with Crippen molar-refractivity contribution in [3.8, 4) is 0 Å². The van der Waals surface area contributed by atoms with E-state index in [-0.39, 0.29) is 11.9 Å². The molecule has 0 fully saturated rings. The number of amides is 1. The number of thiazole rings is 1. The number of nitrogens with zero attached hydrogens (tertiary/aromatic N) is 1. The second kappa shape index (κ2) is 6.53. The molecule has 1 aromatic rings. The lowest BCUT2D eigenvalue weighted by atomic mass is 10.1. The lowest BCUT2D eigenvalue weighted by Gasteiger charge is -2.10. The number of aromatic nitrogens is 1. The summed E-state index contributed by atoms with van der Waals surface area (Å²) < 4.78 is 0. The SMILES string of the molecule is CCC[C@@H](N)C(=O)NCCc1cscn1. The van der Waals surface area contributed by atoms with Crippen molar-refractivity contribution in [2.45, 2.75) is 32.2 Å². The Hall–Kier alpha value is -0.940. The largest absolute Gasteiger partial charge is 0.354 e. The predicted molar refractivity (Wildman–Crippen MR) is 61.7 cm³/mol. The van der Waals surface area contributed by atoms with Crippen molar-refractivity contribution >= 4 is 17.2 Å². The minimum absolute atomic E-state index is 0.0629. The van der Waals surface area contributed by atoms with Crippen LogP contribution in [0.3, 0.4) is 0 Å². The maximum Gasteiger partial charge on any atom is 0.236 e. The number of hydrogen-bond acceptors (Lipinski definition) is 4. The van der Waals surface area contributed by atoms with Crippen LogP contribution in [0.2, 0.25) is 0 Å². The number of hydrogen-bond donors (Lipinski definition) is 2. The molecule has 1 atom stereocenters. The van der Waals surface area contributed by atoms with Crippen molar-refractivity contribution in [3.63, 3.8) is 0 Å². The number of carbonyl (C=O) groups is 1. The smallest absolute Gasteiger partial charge is 0.236 e. The molecule has 0 bridgehead atoms. The average molecular weight is 227 g/mol. The van der Waals surface area contributed by atoms with Crippen LogP contribution in [0.5, 0.6) is 0 Å². The summed E-state index contributed by atoms with van der Waals surface area (Å²) in [7, 11) is 0. The van der Waals surface area contributed by atoms with E-state index in [0.29, 0.717) is 6.54 Å². The van der Waals surface area contributed by atoms with Gasteiger partial charge in [-0.05, 0) is 6.42 Å². The summed E-state index contributed by atoms with van der Waals surface area (Å²) in [6.45, 7) is 2.63. The van der Waals surface area contributed by atoms with E-state index in [9.17, 15) is 4.79 Å². The summed E-state index contributed by atoms with van der Waals surface area (Å²) in [6, 6.07) is -0.370. The summed E-state index contributed by atoms with van der Waals surface area (Å²) in [5.74, 6) is -0.0629. The molecule has 0 saturated heterocycles. The van der Waals surface area contributed by atoms with E-state index in [0.717, 1.165) is 25.0 Å². The van der Waals surface area contributed by atoms with Gasteiger partial charge in [0, 0.05) is 18.3 Å². The molecule has 1 rings (SSSR count). The first-order valence-corrected chi connectivity index (χ1v) is 6.08. The van der Waals surface area contributed by atoms with Gasteiger partial charge in [-0.3, -0.25) is 4.79 Å². The number of rotatable bonds is 6. The Morgan fingerprint density at radius 3 is 3.13 bits per heavy atom. The molecule has 0 saturated carbocycles. The van der Waals surface area contributed by atoms with E-state index in [4.69, 9.17) is 5.73 Å². The Bertz CT molecular complexity index is 287. The molecule has 4 nitrogen and oxygen atoms in total. The second-order valence-electron chi connectivity index (χ2n) is 3.42. The maximum atomic E-state index is 11.4. The van der Waals surface area contributed by atoms with Crippen molar-refractivity contribution in [2.75, 3.05) is 6.54 Å². The molecule has 84 valence electrons. The zero-order valence-electron chi connectivity index (χ0n) is 8.90. The van der Waals surface area contributed by atoms with Gasteiger partial charge in [0.1, 0.15) is 0 Å². The summed E-state index contributed by atoms with van der Waals surface area (Å²) in [4.78, 5) is 15.5. The van der Waals surface area contributed by atoms with Gasteiger partial charge in [0.25, 0.3) is 0 Å². The molecule has 0 aliphatic heterocycles. The van der Waals surface area contributed by atoms with Gasteiger partial charge in [-0.2, -0.15) is 0 Å². The van der Waals surface area contributed by atoms with Crippen LogP contribution in [0.4, 0.5) is 0 Å². The zero-order valence-corrected chi connectivity index (χ0v) is 9.72. The monoisotopic (exact) mass is 227 g/mol. The minimum atomic E-state index is -0.370. The average Bonchev–Trinajstić information content (AvgIpc) is 2.71. The summed E-state index contributed by atoms with van der Waals surface area (Å²) in [6.07, 6.45) is 2.44. The molecule has 0 aliphatic rings. The Labute approximate surface area is 93.9 Å². The van der Waals surface area contributed by atoms with Gasteiger partial charge in [0.15, 0.2) is 0 Å². The van der Waals surface area contributed by atoms with Crippen LogP contribution in [-0.4, -0.2) is 23.5 Å². The normalized spacial score (nSPS) is 12.4. The van der Waals surface area contributed by atoms with E-state index < -0.39 is 0 Å². The van der Waals surface area contributed by atoms with Crippen LogP contribution < -0.4 is 11.1 Å². The molecule has 15 heavy (non-hydrogen) atoms. The third kappa shape index (κ3) is 4.40. The van der Waals surface area contributed by atoms with Crippen LogP contribution >= 0.6 is 11.3 Å². The molecule has 0 radical (unpaired) electrons. The molecule has 3 N–H and O–H groups in total. The first-order valence-electron chi connectivity index (χ1n) is 5.14. The highest BCUT2D eigenvalue weighted by molar-refractivity contribution is 7.07. The molecule has 0 aromatic carbocycles. The van der Waals surface area contributed by atoms with Crippen LogP contribution in [0.25, 0.3) is 0 Å². The molecular weight excluding hydrogens is 210 g/mol. The standard InChI is InChI=1S/C10H17N3OS/c1-2-3-9(11)10(14)12-5-4-8-6-15-7-13-8/h6-7,9H,2-5,11H2,1H3,(H,12,14)/t9-/m1/s1. The third-order valence-electron chi connectivity index (χ3n) is 2.10. The van der Waals surface area contributed by atoms with Gasteiger partial charge in [-0.1, -0.05) is 13.3 Å². The van der Waals surface area contributed by atoms with Crippen LogP contribution in [-0.2, 0) is 11.2 Å². The lowest BCUT2D eigenvalue weighted by molar-refractivity contribution is -0.122. The van der Waals surface area contributed by atoms with Crippen molar-refractivity contribution < 1.29 is 4.79 Å². The quantitative estimate of drug-likeness (QED) is 0.759. The molecule has 0 unspecified atom stereocenters. The minimum Gasteiger partial charge on any atom is -0.354 e. The third-order valence-corrected chi connectivity index (χ3v) is 2.74. The van der Waals surface area contributed by atoms with E-state index in [1.807, 2.05) is 12.3 Å². The number of nitrogens with two attached hydrogens (primary N) is 1. The zero-order chi connectivity index (χ0) is 11.1. The highest BCUT2D eigenvalue weighted by Crippen LogP contribution is 2.00. The highest BCUT2D eigenvalue weighted by Gasteiger charge is 2.10. The Kier molecular flexibility index (Phi) is 5.28. The molecule has 5 heteroatoms. The highest BCUT2D eigenvalue weighted by atomic mass is 32.1. The number of carbonyl (C=O) groups excluding carboxylic acids is 1. The van der Waals surface area contributed by atoms with E-state index in [1.165, 1.54) is 0 Å². The maximum absolute atomic E-state index is 11.4. The van der Waals surface area contributed by atoms with Gasteiger partial charge in [-0.25, -0.2) is 4.98 Å². The second-order valence-corrected chi connectivity index (χ2v) is 4.13. The molecule has 1 aromatic heterocycles. The van der Waals surface area contributed by atoms with E-state index in [1.54, 1.807) is 16.8 Å². The van der Waals surface area contributed by atoms with E-state index >= 15 is 0 Å². The molecule has 1 amide bonds. The van der Waals surface area contributed by atoms with Crippen LogP contribution in [0, 0.1) is 0 Å². The van der Waals surface area contributed by atoms with Crippen molar-refractivity contribution in [2.24, 2.45) is 5.73 Å². The molecular formula is C10H17N3OS. The Morgan fingerprint density at radius 2 is 2.53 bits per heavy atom. The van der Waals surface area contributed by atoms with Crippen molar-refractivity contribution in [1.82, 2.24) is 10.3 Å². The summed E-state index contributed by atoms with van der Waals surface area (Å²) >= 11 is 1.56. The molecule has 0 aliphatic carbocycles. The van der Waals surface area contributed by atoms with Gasteiger partial charge in [0.2, 0.25) is 5.91 Å². The summed E-state index contributed by atoms with van der Waals surface area (Å²) in [5.41, 5.74) is 8.47. The van der Waals surface area contributed by atoms with Gasteiger partial charge in [-0.15, -0.1) is 11.3 Å². The van der Waals surface area contributed by atoms with Crippen molar-refractivity contribution in [3.05, 3.63) is 16.6 Å². The fourth-order valence-corrected chi connectivity index (χ4v) is 1.84. The fraction of sp³-hybridized carbons (Fsp3) is 0.600.